The zero-order chi connectivity index (χ0) is 17.4. The summed E-state index contributed by atoms with van der Waals surface area (Å²) in [5.41, 5.74) is 5.58. The first-order valence-electron chi connectivity index (χ1n) is 7.07. The molecule has 0 radical (unpaired) electrons. The van der Waals surface area contributed by atoms with E-state index in [0.717, 1.165) is 4.68 Å². The number of primary amides is 1. The van der Waals surface area contributed by atoms with Crippen LogP contribution in [0.4, 0.5) is 4.39 Å². The summed E-state index contributed by atoms with van der Waals surface area (Å²) in [6, 6.07) is 5.19. The summed E-state index contributed by atoms with van der Waals surface area (Å²) in [6.45, 7) is -0.516. The average Bonchev–Trinajstić information content (AvgIpc) is 3.11. The van der Waals surface area contributed by atoms with Gasteiger partial charge in [0.2, 0.25) is 5.82 Å². The molecule has 3 rings (SSSR count). The number of nitrogens with two attached hydrogens (primary N) is 1. The van der Waals surface area contributed by atoms with Crippen molar-refractivity contribution in [2.75, 3.05) is 6.61 Å². The number of rotatable bonds is 4. The van der Waals surface area contributed by atoms with Crippen molar-refractivity contribution >= 4 is 5.91 Å². The van der Waals surface area contributed by atoms with Crippen molar-refractivity contribution in [2.24, 2.45) is 5.73 Å². The third-order valence-corrected chi connectivity index (χ3v) is 3.71. The first-order chi connectivity index (χ1) is 11.4. The number of amides is 1. The van der Waals surface area contributed by atoms with Crippen LogP contribution in [-0.2, 0) is 4.74 Å². The summed E-state index contributed by atoms with van der Waals surface area (Å²) in [7, 11) is 0. The quantitative estimate of drug-likeness (QED) is 0.548. The largest absolute Gasteiger partial charge is 0.394 e. The lowest BCUT2D eigenvalue weighted by Gasteiger charge is -2.17. The lowest BCUT2D eigenvalue weighted by molar-refractivity contribution is -0.0579. The van der Waals surface area contributed by atoms with Gasteiger partial charge in [-0.25, -0.2) is 14.1 Å². The average molecular weight is 338 g/mol. The van der Waals surface area contributed by atoms with Gasteiger partial charge in [0.05, 0.1) is 6.61 Å². The van der Waals surface area contributed by atoms with Gasteiger partial charge in [-0.05, 0) is 24.3 Å². The third kappa shape index (κ3) is 2.76. The van der Waals surface area contributed by atoms with E-state index in [9.17, 15) is 24.5 Å². The molecule has 1 amide bonds. The Morgan fingerprint density at radius 1 is 1.29 bits per heavy atom. The maximum atomic E-state index is 13.1. The minimum atomic E-state index is -1.41. The molecule has 2 aromatic rings. The Kier molecular flexibility index (Phi) is 4.28. The second-order valence-corrected chi connectivity index (χ2v) is 5.30. The van der Waals surface area contributed by atoms with E-state index in [4.69, 9.17) is 10.5 Å². The van der Waals surface area contributed by atoms with Crippen LogP contribution in [-0.4, -0.2) is 60.9 Å². The van der Waals surface area contributed by atoms with E-state index in [1.54, 1.807) is 0 Å². The van der Waals surface area contributed by atoms with Crippen LogP contribution in [0.15, 0.2) is 24.3 Å². The van der Waals surface area contributed by atoms with Gasteiger partial charge in [0.25, 0.3) is 5.91 Å². The maximum Gasteiger partial charge on any atom is 0.288 e. The van der Waals surface area contributed by atoms with Gasteiger partial charge in [0.1, 0.15) is 24.1 Å². The van der Waals surface area contributed by atoms with Gasteiger partial charge in [-0.15, -0.1) is 5.10 Å². The highest BCUT2D eigenvalue weighted by Gasteiger charge is 2.45. The molecule has 1 aliphatic rings. The van der Waals surface area contributed by atoms with Crippen molar-refractivity contribution in [3.63, 3.8) is 0 Å². The minimum absolute atomic E-state index is 0.0960. The molecule has 5 N–H and O–H groups in total. The van der Waals surface area contributed by atoms with Crippen molar-refractivity contribution in [3.8, 4) is 11.4 Å². The highest BCUT2D eigenvalue weighted by molar-refractivity contribution is 5.89. The second-order valence-electron chi connectivity index (χ2n) is 5.30. The summed E-state index contributed by atoms with van der Waals surface area (Å²) in [6.07, 6.45) is -4.98. The second kappa shape index (κ2) is 6.24. The maximum absolute atomic E-state index is 13.1. The van der Waals surface area contributed by atoms with Gasteiger partial charge in [-0.3, -0.25) is 4.79 Å². The lowest BCUT2D eigenvalue weighted by atomic mass is 10.1. The van der Waals surface area contributed by atoms with Crippen molar-refractivity contribution in [2.45, 2.75) is 24.5 Å². The number of carbonyl (C=O) groups is 1. The Balaban J connectivity index is 2.06. The molecule has 0 saturated carbocycles. The van der Waals surface area contributed by atoms with Crippen LogP contribution in [0.2, 0.25) is 0 Å². The number of aromatic nitrogens is 3. The number of halogens is 1. The van der Waals surface area contributed by atoms with E-state index in [1.165, 1.54) is 24.3 Å². The zero-order valence-electron chi connectivity index (χ0n) is 12.3. The van der Waals surface area contributed by atoms with Gasteiger partial charge in [-0.2, -0.15) is 0 Å². The summed E-state index contributed by atoms with van der Waals surface area (Å²) >= 11 is 0. The molecule has 0 aliphatic carbocycles. The van der Waals surface area contributed by atoms with E-state index in [2.05, 4.69) is 10.1 Å². The highest BCUT2D eigenvalue weighted by atomic mass is 19.1. The number of benzene rings is 1. The fourth-order valence-electron chi connectivity index (χ4n) is 2.48. The van der Waals surface area contributed by atoms with Gasteiger partial charge in [-0.1, -0.05) is 0 Å². The van der Waals surface area contributed by atoms with E-state index < -0.39 is 42.9 Å². The van der Waals surface area contributed by atoms with E-state index in [0.29, 0.717) is 5.56 Å². The van der Waals surface area contributed by atoms with Crippen LogP contribution in [0.25, 0.3) is 11.4 Å². The van der Waals surface area contributed by atoms with Crippen molar-refractivity contribution in [1.82, 2.24) is 14.8 Å². The number of nitrogens with zero attached hydrogens (tertiary/aromatic N) is 3. The zero-order valence-corrected chi connectivity index (χ0v) is 12.3. The highest BCUT2D eigenvalue weighted by Crippen LogP contribution is 2.32. The number of aliphatic hydroxyl groups is 3. The SMILES string of the molecule is NC(=O)c1nc(-c2ccc(F)cc2)n([C@@H]2O[C@H](CO)[C@@H](O)[C@H]2O)n1. The molecule has 9 nitrogen and oxygen atoms in total. The van der Waals surface area contributed by atoms with Crippen molar-refractivity contribution < 1.29 is 29.2 Å². The Morgan fingerprint density at radius 2 is 1.96 bits per heavy atom. The number of hydrogen-bond acceptors (Lipinski definition) is 7. The fraction of sp³-hybridized carbons (Fsp3) is 0.357. The van der Waals surface area contributed by atoms with E-state index >= 15 is 0 Å². The van der Waals surface area contributed by atoms with Gasteiger partial charge in [0, 0.05) is 5.56 Å². The first kappa shape index (κ1) is 16.5. The van der Waals surface area contributed by atoms with Gasteiger partial charge >= 0.3 is 0 Å². The van der Waals surface area contributed by atoms with Gasteiger partial charge in [0.15, 0.2) is 12.1 Å². The molecule has 0 spiro atoms. The molecule has 0 unspecified atom stereocenters. The smallest absolute Gasteiger partial charge is 0.288 e. The Morgan fingerprint density at radius 3 is 2.50 bits per heavy atom. The molecular weight excluding hydrogens is 323 g/mol. The van der Waals surface area contributed by atoms with Crippen molar-refractivity contribution in [3.05, 3.63) is 35.9 Å². The normalized spacial score (nSPS) is 26.7. The molecule has 4 atom stereocenters. The minimum Gasteiger partial charge on any atom is -0.394 e. The molecule has 24 heavy (non-hydrogen) atoms. The van der Waals surface area contributed by atoms with Crippen LogP contribution >= 0.6 is 0 Å². The molecule has 1 aromatic carbocycles. The Labute approximate surface area is 135 Å². The van der Waals surface area contributed by atoms with Crippen LogP contribution in [0, 0.1) is 5.82 Å². The van der Waals surface area contributed by atoms with Crippen LogP contribution < -0.4 is 5.73 Å². The number of ether oxygens (including phenoxy) is 1. The van der Waals surface area contributed by atoms with Crippen LogP contribution in [0.1, 0.15) is 16.8 Å². The lowest BCUT2D eigenvalue weighted by Crippen LogP contribution is -2.33. The predicted octanol–water partition coefficient (Wildman–Crippen LogP) is -1.21. The molecule has 10 heteroatoms. The molecule has 1 aliphatic heterocycles. The molecule has 128 valence electrons. The molecule has 0 bridgehead atoms. The van der Waals surface area contributed by atoms with Gasteiger partial charge < -0.3 is 25.8 Å². The topological polar surface area (TPSA) is 144 Å². The summed E-state index contributed by atoms with van der Waals surface area (Å²) < 4.78 is 19.6. The Hall–Kier alpha value is -2.40. The third-order valence-electron chi connectivity index (χ3n) is 3.71. The predicted molar refractivity (Wildman–Crippen MR) is 76.9 cm³/mol. The molecule has 1 aromatic heterocycles. The van der Waals surface area contributed by atoms with Crippen molar-refractivity contribution in [1.29, 1.82) is 0 Å². The van der Waals surface area contributed by atoms with E-state index in [1.807, 2.05) is 0 Å². The summed E-state index contributed by atoms with van der Waals surface area (Å²) in [4.78, 5) is 15.3. The standard InChI is InChI=1S/C14H15FN4O5/c15-7-3-1-6(2-4-7)13-17-12(11(16)23)18-19(13)14-10(22)9(21)8(5-20)24-14/h1-4,8-10,14,20-22H,5H2,(H2,16,23)/t8-,9-,10-,14-/m1/s1. The number of aliphatic hydroxyl groups excluding tert-OH is 3. The number of carbonyl (C=O) groups excluding carboxylic acids is 1. The molecular formula is C14H15FN4O5. The summed E-state index contributed by atoms with van der Waals surface area (Å²) in [5, 5.41) is 33.1. The monoisotopic (exact) mass is 338 g/mol. The Bertz CT molecular complexity index is 750. The molecule has 1 saturated heterocycles. The van der Waals surface area contributed by atoms with Crippen LogP contribution in [0.3, 0.4) is 0 Å². The molecule has 1 fully saturated rings. The fourth-order valence-corrected chi connectivity index (χ4v) is 2.48. The number of hydrogen-bond donors (Lipinski definition) is 4. The summed E-state index contributed by atoms with van der Waals surface area (Å²) in [5.74, 6) is -1.59. The van der Waals surface area contributed by atoms with E-state index in [-0.39, 0.29) is 11.6 Å². The van der Waals surface area contributed by atoms with Crippen LogP contribution in [0.5, 0.6) is 0 Å². The first-order valence-corrected chi connectivity index (χ1v) is 7.07. The molecule has 2 heterocycles.